The minimum absolute atomic E-state index is 0.664. The van der Waals surface area contributed by atoms with E-state index in [1.165, 1.54) is 5.56 Å². The fourth-order valence-electron chi connectivity index (χ4n) is 2.67. The summed E-state index contributed by atoms with van der Waals surface area (Å²) >= 11 is 0. The number of pyridine rings is 1. The molecule has 0 amide bonds. The van der Waals surface area contributed by atoms with Gasteiger partial charge in [0.1, 0.15) is 7.05 Å². The first-order valence-corrected chi connectivity index (χ1v) is 9.91. The Hall–Kier alpha value is -2.37. The Morgan fingerprint density at radius 2 is 1.61 bits per heavy atom. The van der Waals surface area contributed by atoms with E-state index in [1.807, 2.05) is 37.1 Å². The lowest BCUT2D eigenvalue weighted by atomic mass is 10.1. The van der Waals surface area contributed by atoms with Crippen molar-refractivity contribution >= 4 is 12.2 Å². The van der Waals surface area contributed by atoms with Crippen molar-refractivity contribution in [3.05, 3.63) is 53.9 Å². The van der Waals surface area contributed by atoms with Gasteiger partial charge in [0.15, 0.2) is 23.9 Å². The highest BCUT2D eigenvalue weighted by atomic mass is 16.5. The number of hydrogen-bond acceptors (Lipinski definition) is 4. The van der Waals surface area contributed by atoms with E-state index in [9.17, 15) is 0 Å². The van der Waals surface area contributed by atoms with Crippen molar-refractivity contribution in [1.29, 1.82) is 0 Å². The molecule has 0 saturated heterocycles. The van der Waals surface area contributed by atoms with Crippen molar-refractivity contribution in [2.24, 2.45) is 7.05 Å². The molecule has 0 aliphatic rings. The lowest BCUT2D eigenvalue weighted by molar-refractivity contribution is -0.671. The first-order valence-electron chi connectivity index (χ1n) is 9.91. The van der Waals surface area contributed by atoms with Crippen LogP contribution in [0.25, 0.3) is 12.2 Å². The molecule has 0 aliphatic heterocycles. The average molecular weight is 385 g/mol. The van der Waals surface area contributed by atoms with Crippen LogP contribution in [0.5, 0.6) is 11.5 Å². The van der Waals surface area contributed by atoms with Crippen molar-refractivity contribution in [3.63, 3.8) is 0 Å². The van der Waals surface area contributed by atoms with Crippen molar-refractivity contribution in [1.82, 2.24) is 10.2 Å². The van der Waals surface area contributed by atoms with Crippen LogP contribution < -0.4 is 19.4 Å². The summed E-state index contributed by atoms with van der Waals surface area (Å²) in [6, 6.07) is 10.3. The molecule has 2 aromatic rings. The molecular formula is C23H34N3O2+. The highest BCUT2D eigenvalue weighted by Crippen LogP contribution is 2.29. The average Bonchev–Trinajstić information content (AvgIpc) is 2.69. The van der Waals surface area contributed by atoms with Gasteiger partial charge in [0.2, 0.25) is 0 Å². The van der Waals surface area contributed by atoms with E-state index in [4.69, 9.17) is 9.47 Å². The molecule has 152 valence electrons. The number of rotatable bonds is 12. The lowest BCUT2D eigenvalue weighted by Crippen LogP contribution is -2.25. The van der Waals surface area contributed by atoms with Crippen LogP contribution in [0.1, 0.15) is 24.0 Å². The SMILES string of the molecule is CNCCCOc1cc(/C=C/c2cc[n+](C)cc2)ccc1OCCCN(C)C. The zero-order valence-electron chi connectivity index (χ0n) is 17.6. The molecule has 0 radical (unpaired) electrons. The van der Waals surface area contributed by atoms with Crippen molar-refractivity contribution in [3.8, 4) is 11.5 Å². The Bertz CT molecular complexity index is 727. The van der Waals surface area contributed by atoms with Gasteiger partial charge in [0.05, 0.1) is 13.2 Å². The molecule has 0 unspecified atom stereocenters. The maximum Gasteiger partial charge on any atom is 0.169 e. The van der Waals surface area contributed by atoms with Crippen LogP contribution in [-0.4, -0.2) is 52.3 Å². The normalized spacial score (nSPS) is 11.3. The molecule has 0 fully saturated rings. The van der Waals surface area contributed by atoms with Crippen LogP contribution in [0, 0.1) is 0 Å². The van der Waals surface area contributed by atoms with Gasteiger partial charge in [-0.1, -0.05) is 18.2 Å². The molecule has 1 N–H and O–H groups in total. The molecule has 0 aliphatic carbocycles. The number of hydrogen-bond donors (Lipinski definition) is 1. The van der Waals surface area contributed by atoms with E-state index < -0.39 is 0 Å². The Morgan fingerprint density at radius 1 is 0.929 bits per heavy atom. The number of aryl methyl sites for hydroxylation is 1. The van der Waals surface area contributed by atoms with Crippen LogP contribution in [0.2, 0.25) is 0 Å². The van der Waals surface area contributed by atoms with Gasteiger partial charge in [-0.05, 0) is 63.8 Å². The summed E-state index contributed by atoms with van der Waals surface area (Å²) in [5, 5.41) is 3.15. The number of ether oxygens (including phenoxy) is 2. The zero-order chi connectivity index (χ0) is 20.2. The van der Waals surface area contributed by atoms with E-state index >= 15 is 0 Å². The molecule has 1 aromatic carbocycles. The number of benzene rings is 1. The monoisotopic (exact) mass is 384 g/mol. The first kappa shape index (κ1) is 21.9. The van der Waals surface area contributed by atoms with Gasteiger partial charge in [-0.15, -0.1) is 0 Å². The Balaban J connectivity index is 2.05. The standard InChI is InChI=1S/C23H34N3O2/c1-24-13-5-17-28-23-19-21(8-7-20-11-15-26(4)16-12-20)9-10-22(23)27-18-6-14-25(2)3/h7-12,15-16,19,24H,5-6,13-14,17-18H2,1-4H3/q+1/b8-7+. The molecule has 28 heavy (non-hydrogen) atoms. The highest BCUT2D eigenvalue weighted by molar-refractivity contribution is 5.70. The number of aromatic nitrogens is 1. The van der Waals surface area contributed by atoms with Gasteiger partial charge in [-0.3, -0.25) is 0 Å². The molecule has 0 spiro atoms. The number of nitrogens with one attached hydrogen (secondary N) is 1. The molecule has 1 aromatic heterocycles. The van der Waals surface area contributed by atoms with E-state index in [0.29, 0.717) is 13.2 Å². The summed E-state index contributed by atoms with van der Waals surface area (Å²) in [6.45, 7) is 3.29. The van der Waals surface area contributed by atoms with Crippen molar-refractivity contribution < 1.29 is 14.0 Å². The molecule has 5 nitrogen and oxygen atoms in total. The predicted octanol–water partition coefficient (Wildman–Crippen LogP) is 3.00. The smallest absolute Gasteiger partial charge is 0.169 e. The third-order valence-electron chi connectivity index (χ3n) is 4.28. The fraction of sp³-hybridized carbons (Fsp3) is 0.435. The third-order valence-corrected chi connectivity index (χ3v) is 4.28. The fourth-order valence-corrected chi connectivity index (χ4v) is 2.67. The quantitative estimate of drug-likeness (QED) is 0.451. The van der Waals surface area contributed by atoms with Crippen LogP contribution in [0.15, 0.2) is 42.7 Å². The summed E-state index contributed by atoms with van der Waals surface area (Å²) < 4.78 is 14.0. The lowest BCUT2D eigenvalue weighted by Gasteiger charge is -2.15. The van der Waals surface area contributed by atoms with Gasteiger partial charge >= 0.3 is 0 Å². The topological polar surface area (TPSA) is 37.6 Å². The summed E-state index contributed by atoms with van der Waals surface area (Å²) in [5.41, 5.74) is 2.26. The molecule has 1 heterocycles. The Labute approximate surface area is 169 Å². The summed E-state index contributed by atoms with van der Waals surface area (Å²) in [6.07, 6.45) is 10.2. The minimum Gasteiger partial charge on any atom is -0.490 e. The Kier molecular flexibility index (Phi) is 9.52. The molecule has 5 heteroatoms. The summed E-state index contributed by atoms with van der Waals surface area (Å²) in [5.74, 6) is 1.62. The molecule has 0 bridgehead atoms. The predicted molar refractivity (Wildman–Crippen MR) is 116 cm³/mol. The number of nitrogens with zero attached hydrogens (tertiary/aromatic N) is 2. The van der Waals surface area contributed by atoms with Gasteiger partial charge in [0.25, 0.3) is 0 Å². The van der Waals surface area contributed by atoms with Crippen LogP contribution in [0.3, 0.4) is 0 Å². The zero-order valence-corrected chi connectivity index (χ0v) is 17.6. The summed E-state index contributed by atoms with van der Waals surface area (Å²) in [7, 11) is 8.12. The molecule has 0 saturated carbocycles. The van der Waals surface area contributed by atoms with Crippen molar-refractivity contribution in [2.75, 3.05) is 47.4 Å². The van der Waals surface area contributed by atoms with E-state index in [1.54, 1.807) is 0 Å². The Morgan fingerprint density at radius 3 is 2.32 bits per heavy atom. The largest absolute Gasteiger partial charge is 0.490 e. The minimum atomic E-state index is 0.664. The highest BCUT2D eigenvalue weighted by Gasteiger charge is 2.07. The van der Waals surface area contributed by atoms with E-state index in [2.05, 4.69) is 60.7 Å². The molecule has 0 atom stereocenters. The second-order valence-electron chi connectivity index (χ2n) is 7.15. The third kappa shape index (κ3) is 8.11. The molecule has 2 rings (SSSR count). The first-order chi connectivity index (χ1) is 13.6. The van der Waals surface area contributed by atoms with Crippen molar-refractivity contribution in [2.45, 2.75) is 12.8 Å². The van der Waals surface area contributed by atoms with Crippen LogP contribution in [-0.2, 0) is 7.05 Å². The van der Waals surface area contributed by atoms with Gasteiger partial charge in [-0.2, -0.15) is 0 Å². The van der Waals surface area contributed by atoms with Crippen LogP contribution in [0.4, 0.5) is 0 Å². The maximum absolute atomic E-state index is 6.01. The van der Waals surface area contributed by atoms with Crippen LogP contribution >= 0.6 is 0 Å². The second-order valence-corrected chi connectivity index (χ2v) is 7.15. The molecular weight excluding hydrogens is 350 g/mol. The maximum atomic E-state index is 6.01. The second kappa shape index (κ2) is 12.2. The van der Waals surface area contributed by atoms with Gasteiger partial charge in [-0.25, -0.2) is 4.57 Å². The van der Waals surface area contributed by atoms with E-state index in [-0.39, 0.29) is 0 Å². The van der Waals surface area contributed by atoms with Gasteiger partial charge < -0.3 is 19.7 Å². The summed E-state index contributed by atoms with van der Waals surface area (Å²) in [4.78, 5) is 2.16. The van der Waals surface area contributed by atoms with E-state index in [0.717, 1.165) is 43.0 Å². The van der Waals surface area contributed by atoms with Gasteiger partial charge in [0, 0.05) is 18.7 Å².